The van der Waals surface area contributed by atoms with Crippen molar-refractivity contribution in [2.45, 2.75) is 6.92 Å². The SMILES string of the molecule is Cc1c(-c2ccccn2)cnn(C)c1=O. The molecule has 2 rings (SSSR count). The van der Waals surface area contributed by atoms with Crippen molar-refractivity contribution >= 4 is 0 Å². The van der Waals surface area contributed by atoms with Crippen molar-refractivity contribution in [1.29, 1.82) is 0 Å². The third kappa shape index (κ3) is 1.66. The van der Waals surface area contributed by atoms with Gasteiger partial charge in [-0.05, 0) is 19.1 Å². The summed E-state index contributed by atoms with van der Waals surface area (Å²) in [4.78, 5) is 15.8. The van der Waals surface area contributed by atoms with Gasteiger partial charge in [0.15, 0.2) is 0 Å². The molecule has 76 valence electrons. The van der Waals surface area contributed by atoms with Crippen molar-refractivity contribution < 1.29 is 0 Å². The molecule has 0 saturated heterocycles. The first-order valence-corrected chi connectivity index (χ1v) is 4.64. The molecule has 0 radical (unpaired) electrons. The molecule has 0 aromatic carbocycles. The van der Waals surface area contributed by atoms with E-state index in [0.717, 1.165) is 11.3 Å². The van der Waals surface area contributed by atoms with Gasteiger partial charge in [-0.2, -0.15) is 5.10 Å². The van der Waals surface area contributed by atoms with E-state index in [2.05, 4.69) is 10.1 Å². The van der Waals surface area contributed by atoms with Crippen LogP contribution in [0.1, 0.15) is 5.56 Å². The summed E-state index contributed by atoms with van der Waals surface area (Å²) in [5, 5.41) is 3.98. The molecule has 0 unspecified atom stereocenters. The predicted octanol–water partition coefficient (Wildman–Crippen LogP) is 1.15. The maximum Gasteiger partial charge on any atom is 0.270 e. The second-order valence-corrected chi connectivity index (χ2v) is 3.33. The van der Waals surface area contributed by atoms with Crippen molar-refractivity contribution in [2.75, 3.05) is 0 Å². The minimum atomic E-state index is -0.0850. The Hall–Kier alpha value is -1.97. The predicted molar refractivity (Wildman–Crippen MR) is 57.4 cm³/mol. The van der Waals surface area contributed by atoms with Crippen LogP contribution in [0.15, 0.2) is 35.4 Å². The summed E-state index contributed by atoms with van der Waals surface area (Å²) >= 11 is 0. The van der Waals surface area contributed by atoms with Gasteiger partial charge < -0.3 is 0 Å². The van der Waals surface area contributed by atoms with Crippen LogP contribution in [0.5, 0.6) is 0 Å². The molecule has 0 saturated carbocycles. The molecule has 4 heteroatoms. The fraction of sp³-hybridized carbons (Fsp3) is 0.182. The molecule has 0 amide bonds. The van der Waals surface area contributed by atoms with Crippen molar-refractivity contribution in [3.05, 3.63) is 46.5 Å². The molecule has 2 aromatic rings. The Kier molecular flexibility index (Phi) is 2.33. The lowest BCUT2D eigenvalue weighted by Gasteiger charge is -2.04. The van der Waals surface area contributed by atoms with E-state index in [4.69, 9.17) is 0 Å². The largest absolute Gasteiger partial charge is 0.270 e. The first kappa shape index (κ1) is 9.58. The monoisotopic (exact) mass is 201 g/mol. The fourth-order valence-electron chi connectivity index (χ4n) is 1.43. The van der Waals surface area contributed by atoms with E-state index in [9.17, 15) is 4.79 Å². The Morgan fingerprint density at radius 3 is 2.80 bits per heavy atom. The quantitative estimate of drug-likeness (QED) is 0.695. The summed E-state index contributed by atoms with van der Waals surface area (Å²) in [6, 6.07) is 5.59. The third-order valence-corrected chi connectivity index (χ3v) is 2.32. The third-order valence-electron chi connectivity index (χ3n) is 2.32. The maximum absolute atomic E-state index is 11.6. The summed E-state index contributed by atoms with van der Waals surface area (Å²) in [6.07, 6.45) is 3.37. The van der Waals surface area contributed by atoms with Gasteiger partial charge in [-0.3, -0.25) is 9.78 Å². The van der Waals surface area contributed by atoms with Crippen molar-refractivity contribution in [3.8, 4) is 11.3 Å². The Morgan fingerprint density at radius 2 is 2.13 bits per heavy atom. The maximum atomic E-state index is 11.6. The van der Waals surface area contributed by atoms with E-state index < -0.39 is 0 Å². The highest BCUT2D eigenvalue weighted by Crippen LogP contribution is 2.16. The van der Waals surface area contributed by atoms with Crippen LogP contribution in [-0.4, -0.2) is 14.8 Å². The topological polar surface area (TPSA) is 47.8 Å². The van der Waals surface area contributed by atoms with Gasteiger partial charge in [0.05, 0.1) is 11.9 Å². The number of aryl methyl sites for hydroxylation is 1. The molecule has 0 aliphatic carbocycles. The molecule has 0 spiro atoms. The minimum Gasteiger partial charge on any atom is -0.268 e. The molecule has 0 aliphatic heterocycles. The first-order valence-electron chi connectivity index (χ1n) is 4.64. The average Bonchev–Trinajstić information content (AvgIpc) is 2.27. The number of hydrogen-bond acceptors (Lipinski definition) is 3. The Labute approximate surface area is 87.2 Å². The standard InChI is InChI=1S/C11H11N3O/c1-8-9(7-13-14(2)11(8)15)10-5-3-4-6-12-10/h3-7H,1-2H3. The van der Waals surface area contributed by atoms with E-state index in [0.29, 0.717) is 5.56 Å². The zero-order chi connectivity index (χ0) is 10.8. The number of rotatable bonds is 1. The van der Waals surface area contributed by atoms with Crippen LogP contribution < -0.4 is 5.56 Å². The van der Waals surface area contributed by atoms with Gasteiger partial charge in [0.2, 0.25) is 0 Å². The molecular weight excluding hydrogens is 190 g/mol. The van der Waals surface area contributed by atoms with Gasteiger partial charge >= 0.3 is 0 Å². The second kappa shape index (κ2) is 3.65. The van der Waals surface area contributed by atoms with Crippen molar-refractivity contribution in [3.63, 3.8) is 0 Å². The normalized spacial score (nSPS) is 10.3. The minimum absolute atomic E-state index is 0.0850. The molecule has 0 fully saturated rings. The van der Waals surface area contributed by atoms with Crippen LogP contribution in [0, 0.1) is 6.92 Å². The summed E-state index contributed by atoms with van der Waals surface area (Å²) < 4.78 is 1.32. The van der Waals surface area contributed by atoms with E-state index in [-0.39, 0.29) is 5.56 Å². The van der Waals surface area contributed by atoms with E-state index in [1.165, 1.54) is 4.68 Å². The van der Waals surface area contributed by atoms with Gasteiger partial charge in [0.25, 0.3) is 5.56 Å². The number of pyridine rings is 1. The van der Waals surface area contributed by atoms with E-state index >= 15 is 0 Å². The lowest BCUT2D eigenvalue weighted by atomic mass is 10.1. The highest BCUT2D eigenvalue weighted by atomic mass is 16.1. The molecular formula is C11H11N3O. The highest BCUT2D eigenvalue weighted by Gasteiger charge is 2.07. The smallest absolute Gasteiger partial charge is 0.268 e. The van der Waals surface area contributed by atoms with Crippen LogP contribution >= 0.6 is 0 Å². The van der Waals surface area contributed by atoms with Gasteiger partial charge in [-0.1, -0.05) is 6.07 Å². The fourth-order valence-corrected chi connectivity index (χ4v) is 1.43. The van der Waals surface area contributed by atoms with Crippen LogP contribution in [-0.2, 0) is 7.05 Å². The Bertz CT molecular complexity index is 531. The van der Waals surface area contributed by atoms with Crippen molar-refractivity contribution in [2.24, 2.45) is 7.05 Å². The summed E-state index contributed by atoms with van der Waals surface area (Å²) in [5.74, 6) is 0. The van der Waals surface area contributed by atoms with Gasteiger partial charge in [0, 0.05) is 24.4 Å². The summed E-state index contributed by atoms with van der Waals surface area (Å²) in [6.45, 7) is 1.79. The molecule has 4 nitrogen and oxygen atoms in total. The zero-order valence-corrected chi connectivity index (χ0v) is 8.64. The van der Waals surface area contributed by atoms with Crippen LogP contribution in [0.2, 0.25) is 0 Å². The van der Waals surface area contributed by atoms with E-state index in [1.54, 1.807) is 26.4 Å². The molecule has 15 heavy (non-hydrogen) atoms. The Balaban J connectivity index is 2.66. The summed E-state index contributed by atoms with van der Waals surface area (Å²) in [7, 11) is 1.64. The van der Waals surface area contributed by atoms with Crippen molar-refractivity contribution in [1.82, 2.24) is 14.8 Å². The highest BCUT2D eigenvalue weighted by molar-refractivity contribution is 5.61. The van der Waals surface area contributed by atoms with Gasteiger partial charge in [-0.15, -0.1) is 0 Å². The number of hydrogen-bond donors (Lipinski definition) is 0. The van der Waals surface area contributed by atoms with Gasteiger partial charge in [0.1, 0.15) is 0 Å². The zero-order valence-electron chi connectivity index (χ0n) is 8.64. The Morgan fingerprint density at radius 1 is 1.33 bits per heavy atom. The first-order chi connectivity index (χ1) is 7.20. The van der Waals surface area contributed by atoms with Gasteiger partial charge in [-0.25, -0.2) is 4.68 Å². The molecule has 0 atom stereocenters. The number of aromatic nitrogens is 3. The molecule has 0 bridgehead atoms. The van der Waals surface area contributed by atoms with Crippen LogP contribution in [0.25, 0.3) is 11.3 Å². The van der Waals surface area contributed by atoms with Crippen LogP contribution in [0.4, 0.5) is 0 Å². The lowest BCUT2D eigenvalue weighted by Crippen LogP contribution is -2.22. The molecule has 2 aromatic heterocycles. The van der Waals surface area contributed by atoms with E-state index in [1.807, 2.05) is 18.2 Å². The number of nitrogens with zero attached hydrogens (tertiary/aromatic N) is 3. The molecule has 0 aliphatic rings. The van der Waals surface area contributed by atoms with Crippen LogP contribution in [0.3, 0.4) is 0 Å². The molecule has 0 N–H and O–H groups in total. The molecule has 2 heterocycles. The lowest BCUT2D eigenvalue weighted by molar-refractivity contribution is 0.701. The average molecular weight is 201 g/mol. The second-order valence-electron chi connectivity index (χ2n) is 3.33. The summed E-state index contributed by atoms with van der Waals surface area (Å²) in [5.41, 5.74) is 2.16.